The van der Waals surface area contributed by atoms with Crippen LogP contribution in [0, 0.1) is 0 Å². The SMILES string of the molecule is CCNC(CN(C)C1CCN(C)CC1)C(=O)O. The molecule has 1 heterocycles. The summed E-state index contributed by atoms with van der Waals surface area (Å²) in [5.41, 5.74) is 0. The van der Waals surface area contributed by atoms with Crippen molar-refractivity contribution in [2.45, 2.75) is 31.8 Å². The van der Waals surface area contributed by atoms with E-state index in [4.69, 9.17) is 5.11 Å². The molecule has 0 aromatic rings. The molecule has 1 unspecified atom stereocenters. The van der Waals surface area contributed by atoms with Gasteiger partial charge in [-0.3, -0.25) is 4.79 Å². The maximum absolute atomic E-state index is 11.1. The average Bonchev–Trinajstić information content (AvgIpc) is 2.29. The van der Waals surface area contributed by atoms with Gasteiger partial charge in [0.15, 0.2) is 0 Å². The highest BCUT2D eigenvalue weighted by atomic mass is 16.4. The van der Waals surface area contributed by atoms with Crippen molar-refractivity contribution in [3.63, 3.8) is 0 Å². The van der Waals surface area contributed by atoms with Crippen LogP contribution in [0.5, 0.6) is 0 Å². The van der Waals surface area contributed by atoms with Crippen LogP contribution in [0.4, 0.5) is 0 Å². The van der Waals surface area contributed by atoms with E-state index in [0.717, 1.165) is 25.9 Å². The minimum atomic E-state index is -0.758. The van der Waals surface area contributed by atoms with Gasteiger partial charge in [-0.2, -0.15) is 0 Å². The third kappa shape index (κ3) is 4.61. The number of likely N-dealkylation sites (N-methyl/N-ethyl adjacent to an activating group) is 2. The van der Waals surface area contributed by atoms with Gasteiger partial charge in [-0.15, -0.1) is 0 Å². The van der Waals surface area contributed by atoms with Gasteiger partial charge >= 0.3 is 5.97 Å². The number of carbonyl (C=O) groups is 1. The van der Waals surface area contributed by atoms with Crippen LogP contribution < -0.4 is 5.32 Å². The normalized spacial score (nSPS) is 20.7. The van der Waals surface area contributed by atoms with E-state index in [0.29, 0.717) is 19.1 Å². The zero-order valence-corrected chi connectivity index (χ0v) is 11.1. The van der Waals surface area contributed by atoms with Crippen molar-refractivity contribution < 1.29 is 9.90 Å². The number of aliphatic carboxylic acids is 1. The van der Waals surface area contributed by atoms with Gasteiger partial charge < -0.3 is 20.2 Å². The second kappa shape index (κ2) is 6.93. The van der Waals surface area contributed by atoms with E-state index >= 15 is 0 Å². The Kier molecular flexibility index (Phi) is 5.88. The Morgan fingerprint density at radius 3 is 2.59 bits per heavy atom. The fourth-order valence-corrected chi connectivity index (χ4v) is 2.35. The molecule has 1 aliphatic heterocycles. The zero-order valence-electron chi connectivity index (χ0n) is 11.1. The van der Waals surface area contributed by atoms with Gasteiger partial charge in [0.2, 0.25) is 0 Å². The lowest BCUT2D eigenvalue weighted by Crippen LogP contribution is -2.50. The number of likely N-dealkylation sites (tertiary alicyclic amines) is 1. The standard InChI is InChI=1S/C12H25N3O2/c1-4-13-11(12(16)17)9-15(3)10-5-7-14(2)8-6-10/h10-11,13H,4-9H2,1-3H3,(H,16,17). The molecule has 0 radical (unpaired) electrons. The first-order valence-electron chi connectivity index (χ1n) is 6.39. The number of nitrogens with zero attached hydrogens (tertiary/aromatic N) is 2. The van der Waals surface area contributed by atoms with Crippen molar-refractivity contribution in [1.29, 1.82) is 0 Å². The Hall–Kier alpha value is -0.650. The molecule has 0 aliphatic carbocycles. The third-order valence-electron chi connectivity index (χ3n) is 3.53. The highest BCUT2D eigenvalue weighted by molar-refractivity contribution is 5.73. The van der Waals surface area contributed by atoms with E-state index in [1.54, 1.807) is 0 Å². The fourth-order valence-electron chi connectivity index (χ4n) is 2.35. The second-order valence-corrected chi connectivity index (χ2v) is 4.92. The Balaban J connectivity index is 2.40. The third-order valence-corrected chi connectivity index (χ3v) is 3.53. The summed E-state index contributed by atoms with van der Waals surface area (Å²) >= 11 is 0. The first kappa shape index (κ1) is 14.4. The van der Waals surface area contributed by atoms with E-state index in [1.165, 1.54) is 0 Å². The van der Waals surface area contributed by atoms with Gasteiger partial charge in [0.05, 0.1) is 0 Å². The number of carboxylic acid groups (broad SMARTS) is 1. The molecule has 100 valence electrons. The Labute approximate surface area is 104 Å². The van der Waals surface area contributed by atoms with E-state index in [-0.39, 0.29) is 0 Å². The van der Waals surface area contributed by atoms with Crippen LogP contribution >= 0.6 is 0 Å². The first-order valence-corrected chi connectivity index (χ1v) is 6.39. The van der Waals surface area contributed by atoms with Crippen LogP contribution in [0.1, 0.15) is 19.8 Å². The fraction of sp³-hybridized carbons (Fsp3) is 0.917. The smallest absolute Gasteiger partial charge is 0.322 e. The highest BCUT2D eigenvalue weighted by Crippen LogP contribution is 2.14. The second-order valence-electron chi connectivity index (χ2n) is 4.92. The van der Waals surface area contributed by atoms with Crippen LogP contribution in [0.25, 0.3) is 0 Å². The molecular formula is C12H25N3O2. The van der Waals surface area contributed by atoms with Gasteiger partial charge in [0, 0.05) is 12.6 Å². The van der Waals surface area contributed by atoms with Crippen molar-refractivity contribution in [1.82, 2.24) is 15.1 Å². The minimum Gasteiger partial charge on any atom is -0.480 e. The molecule has 1 rings (SSSR count). The highest BCUT2D eigenvalue weighted by Gasteiger charge is 2.25. The molecule has 5 heteroatoms. The summed E-state index contributed by atoms with van der Waals surface area (Å²) in [6, 6.07) is 0.0661. The molecule has 1 fully saturated rings. The lowest BCUT2D eigenvalue weighted by molar-refractivity contribution is -0.140. The zero-order chi connectivity index (χ0) is 12.8. The molecule has 0 aromatic carbocycles. The minimum absolute atomic E-state index is 0.454. The Bertz CT molecular complexity index is 240. The van der Waals surface area contributed by atoms with Gasteiger partial charge in [-0.25, -0.2) is 0 Å². The monoisotopic (exact) mass is 243 g/mol. The molecule has 0 aromatic heterocycles. The summed E-state index contributed by atoms with van der Waals surface area (Å²) in [5.74, 6) is -0.758. The number of piperidine rings is 1. The van der Waals surface area contributed by atoms with E-state index in [1.807, 2.05) is 14.0 Å². The molecule has 17 heavy (non-hydrogen) atoms. The van der Waals surface area contributed by atoms with Crippen LogP contribution in [0.2, 0.25) is 0 Å². The number of hydrogen-bond acceptors (Lipinski definition) is 4. The maximum Gasteiger partial charge on any atom is 0.322 e. The van der Waals surface area contributed by atoms with E-state index in [2.05, 4.69) is 22.2 Å². The molecule has 2 N–H and O–H groups in total. The topological polar surface area (TPSA) is 55.8 Å². The van der Waals surface area contributed by atoms with Crippen LogP contribution in [0.3, 0.4) is 0 Å². The Morgan fingerprint density at radius 2 is 2.12 bits per heavy atom. The van der Waals surface area contributed by atoms with Crippen molar-refractivity contribution >= 4 is 5.97 Å². The van der Waals surface area contributed by atoms with Crippen LogP contribution in [-0.2, 0) is 4.79 Å². The van der Waals surface area contributed by atoms with Gasteiger partial charge in [-0.1, -0.05) is 6.92 Å². The molecule has 0 spiro atoms. The lowest BCUT2D eigenvalue weighted by Gasteiger charge is -2.36. The van der Waals surface area contributed by atoms with Gasteiger partial charge in [0.25, 0.3) is 0 Å². The quantitative estimate of drug-likeness (QED) is 0.692. The molecule has 0 amide bonds. The summed E-state index contributed by atoms with van der Waals surface area (Å²) in [6.07, 6.45) is 2.26. The average molecular weight is 243 g/mol. The number of carboxylic acids is 1. The number of hydrogen-bond donors (Lipinski definition) is 2. The van der Waals surface area contributed by atoms with E-state index < -0.39 is 12.0 Å². The largest absolute Gasteiger partial charge is 0.480 e. The summed E-state index contributed by atoms with van der Waals surface area (Å²) in [5, 5.41) is 12.1. The predicted molar refractivity (Wildman–Crippen MR) is 68.2 cm³/mol. The van der Waals surface area contributed by atoms with Crippen molar-refractivity contribution in [3.8, 4) is 0 Å². The van der Waals surface area contributed by atoms with Crippen LogP contribution in [-0.4, -0.2) is 73.2 Å². The summed E-state index contributed by atoms with van der Waals surface area (Å²) < 4.78 is 0. The molecule has 5 nitrogen and oxygen atoms in total. The molecule has 0 bridgehead atoms. The molecular weight excluding hydrogens is 218 g/mol. The predicted octanol–water partition coefficient (Wildman–Crippen LogP) is 0.0751. The Morgan fingerprint density at radius 1 is 1.53 bits per heavy atom. The molecule has 1 atom stereocenters. The number of nitrogens with one attached hydrogen (secondary N) is 1. The lowest BCUT2D eigenvalue weighted by atomic mass is 10.0. The first-order chi connectivity index (χ1) is 8.04. The van der Waals surface area contributed by atoms with Crippen molar-refractivity contribution in [2.24, 2.45) is 0 Å². The number of rotatable bonds is 6. The summed E-state index contributed by atoms with van der Waals surface area (Å²) in [4.78, 5) is 15.6. The molecule has 1 aliphatic rings. The maximum atomic E-state index is 11.1. The van der Waals surface area contributed by atoms with Crippen molar-refractivity contribution in [3.05, 3.63) is 0 Å². The van der Waals surface area contributed by atoms with Gasteiger partial charge in [0.1, 0.15) is 6.04 Å². The summed E-state index contributed by atoms with van der Waals surface area (Å²) in [7, 11) is 4.16. The molecule has 1 saturated heterocycles. The van der Waals surface area contributed by atoms with Crippen LogP contribution in [0.15, 0.2) is 0 Å². The summed E-state index contributed by atoms with van der Waals surface area (Å²) in [6.45, 7) is 5.42. The van der Waals surface area contributed by atoms with Gasteiger partial charge in [-0.05, 0) is 46.6 Å². The van der Waals surface area contributed by atoms with Crippen molar-refractivity contribution in [2.75, 3.05) is 40.3 Å². The molecule has 0 saturated carbocycles. The van der Waals surface area contributed by atoms with E-state index in [9.17, 15) is 4.79 Å².